The fraction of sp³-hybridized carbons (Fsp3) is 0.133. The zero-order chi connectivity index (χ0) is 14.5. The van der Waals surface area contributed by atoms with Gasteiger partial charge in [-0.25, -0.2) is 0 Å². The Morgan fingerprint density at radius 2 is 2.10 bits per heavy atom. The van der Waals surface area contributed by atoms with Crippen LogP contribution in [0.25, 0.3) is 0 Å². The smallest absolute Gasteiger partial charge is 0.172 e. The summed E-state index contributed by atoms with van der Waals surface area (Å²) in [6.07, 6.45) is 0. The number of hydrogen-bond donors (Lipinski definition) is 2. The molecule has 0 aliphatic carbocycles. The summed E-state index contributed by atoms with van der Waals surface area (Å²) in [4.78, 5) is 0. The monoisotopic (exact) mass is 332 g/mol. The Labute approximate surface area is 125 Å². The lowest BCUT2D eigenvalue weighted by atomic mass is 10.1. The number of phenolic OH excluding ortho intramolecular Hbond substituents is 1. The Bertz CT molecular complexity index is 665. The molecule has 0 aliphatic rings. The van der Waals surface area contributed by atoms with Crippen LogP contribution >= 0.6 is 15.9 Å². The summed E-state index contributed by atoms with van der Waals surface area (Å²) in [6, 6.07) is 13.0. The minimum absolute atomic E-state index is 0.0775. The van der Waals surface area contributed by atoms with Gasteiger partial charge in [-0.05, 0) is 45.8 Å². The highest BCUT2D eigenvalue weighted by molar-refractivity contribution is 9.10. The molecule has 0 fully saturated rings. The first kappa shape index (κ1) is 14.2. The second kappa shape index (κ2) is 6.31. The van der Waals surface area contributed by atoms with Gasteiger partial charge >= 0.3 is 0 Å². The van der Waals surface area contributed by atoms with E-state index in [1.807, 2.05) is 18.2 Å². The van der Waals surface area contributed by atoms with Gasteiger partial charge in [0.25, 0.3) is 0 Å². The van der Waals surface area contributed by atoms with Crippen molar-refractivity contribution in [2.45, 2.75) is 6.54 Å². The van der Waals surface area contributed by atoms with Crippen molar-refractivity contribution in [1.29, 1.82) is 5.26 Å². The van der Waals surface area contributed by atoms with Crippen molar-refractivity contribution in [2.24, 2.45) is 0 Å². The molecule has 4 nitrogen and oxygen atoms in total. The lowest BCUT2D eigenvalue weighted by Gasteiger charge is -2.11. The Kier molecular flexibility index (Phi) is 4.49. The van der Waals surface area contributed by atoms with E-state index in [1.165, 1.54) is 7.11 Å². The van der Waals surface area contributed by atoms with Gasteiger partial charge in [0.1, 0.15) is 6.07 Å². The van der Waals surface area contributed by atoms with Gasteiger partial charge in [-0.2, -0.15) is 5.26 Å². The van der Waals surface area contributed by atoms with Crippen LogP contribution in [0.2, 0.25) is 0 Å². The Morgan fingerprint density at radius 3 is 2.80 bits per heavy atom. The van der Waals surface area contributed by atoms with Gasteiger partial charge in [0, 0.05) is 6.54 Å². The highest BCUT2D eigenvalue weighted by Crippen LogP contribution is 2.35. The maximum absolute atomic E-state index is 9.75. The molecule has 0 saturated carbocycles. The van der Waals surface area contributed by atoms with Crippen LogP contribution in [0.15, 0.2) is 40.9 Å². The third kappa shape index (κ3) is 3.03. The summed E-state index contributed by atoms with van der Waals surface area (Å²) in [5.41, 5.74) is 2.30. The highest BCUT2D eigenvalue weighted by atomic mass is 79.9. The van der Waals surface area contributed by atoms with Crippen molar-refractivity contribution in [1.82, 2.24) is 0 Å². The van der Waals surface area contributed by atoms with Crippen molar-refractivity contribution in [2.75, 3.05) is 12.4 Å². The quantitative estimate of drug-likeness (QED) is 0.896. The summed E-state index contributed by atoms with van der Waals surface area (Å²) in [5.74, 6) is 0.485. The number of hydrogen-bond acceptors (Lipinski definition) is 4. The standard InChI is InChI=1S/C15H13BrN2O2/c1-20-14-7-10(6-12(16)15(14)19)9-18-13-5-3-2-4-11(13)8-17/h2-7,18-19H,9H2,1H3. The molecule has 2 aromatic carbocycles. The van der Waals surface area contributed by atoms with Crippen LogP contribution in [0, 0.1) is 11.3 Å². The number of aromatic hydroxyl groups is 1. The molecule has 0 aromatic heterocycles. The predicted molar refractivity (Wildman–Crippen MR) is 80.8 cm³/mol. The summed E-state index contributed by atoms with van der Waals surface area (Å²) < 4.78 is 5.67. The third-order valence-corrected chi connectivity index (χ3v) is 3.44. The van der Waals surface area contributed by atoms with E-state index in [4.69, 9.17) is 10.00 Å². The molecular formula is C15H13BrN2O2. The second-order valence-corrected chi connectivity index (χ2v) is 4.99. The minimum atomic E-state index is 0.0775. The number of ether oxygens (including phenoxy) is 1. The Hall–Kier alpha value is -2.19. The molecule has 2 rings (SSSR count). The molecule has 2 aromatic rings. The number of anilines is 1. The van der Waals surface area contributed by atoms with Gasteiger partial charge in [0.2, 0.25) is 0 Å². The Balaban J connectivity index is 2.19. The van der Waals surface area contributed by atoms with E-state index in [0.29, 0.717) is 22.3 Å². The van der Waals surface area contributed by atoms with Gasteiger partial charge < -0.3 is 15.2 Å². The number of phenols is 1. The number of nitrogens with one attached hydrogen (secondary N) is 1. The minimum Gasteiger partial charge on any atom is -0.503 e. The van der Waals surface area contributed by atoms with Gasteiger partial charge in [0.05, 0.1) is 22.8 Å². The summed E-state index contributed by atoms with van der Waals surface area (Å²) in [6.45, 7) is 0.522. The van der Waals surface area contributed by atoms with Crippen LogP contribution in [0.1, 0.15) is 11.1 Å². The number of benzene rings is 2. The molecule has 20 heavy (non-hydrogen) atoms. The van der Waals surface area contributed by atoms with Crippen LogP contribution in [0.5, 0.6) is 11.5 Å². The first-order valence-electron chi connectivity index (χ1n) is 5.94. The molecular weight excluding hydrogens is 320 g/mol. The lowest BCUT2D eigenvalue weighted by molar-refractivity contribution is 0.371. The van der Waals surface area contributed by atoms with Crippen molar-refractivity contribution in [3.05, 3.63) is 52.0 Å². The number of nitriles is 1. The van der Waals surface area contributed by atoms with Crippen LogP contribution in [-0.2, 0) is 6.54 Å². The normalized spacial score (nSPS) is 9.85. The largest absolute Gasteiger partial charge is 0.503 e. The molecule has 0 atom stereocenters. The van der Waals surface area contributed by atoms with E-state index in [9.17, 15) is 5.11 Å². The summed E-state index contributed by atoms with van der Waals surface area (Å²) in [5, 5.41) is 22.0. The lowest BCUT2D eigenvalue weighted by Crippen LogP contribution is -2.01. The zero-order valence-corrected chi connectivity index (χ0v) is 12.4. The van der Waals surface area contributed by atoms with Crippen LogP contribution in [0.3, 0.4) is 0 Å². The number of methoxy groups -OCH3 is 1. The Morgan fingerprint density at radius 1 is 1.35 bits per heavy atom. The maximum Gasteiger partial charge on any atom is 0.172 e. The first-order valence-corrected chi connectivity index (χ1v) is 6.73. The van der Waals surface area contributed by atoms with E-state index < -0.39 is 0 Å². The van der Waals surface area contributed by atoms with Gasteiger partial charge in [0.15, 0.2) is 11.5 Å². The number of rotatable bonds is 4. The second-order valence-electron chi connectivity index (χ2n) is 4.14. The first-order chi connectivity index (χ1) is 9.65. The molecule has 0 radical (unpaired) electrons. The van der Waals surface area contributed by atoms with Crippen LogP contribution < -0.4 is 10.1 Å². The molecule has 102 valence electrons. The number of para-hydroxylation sites is 1. The van der Waals surface area contributed by atoms with E-state index in [0.717, 1.165) is 11.3 Å². The topological polar surface area (TPSA) is 65.3 Å². The average Bonchev–Trinajstić information content (AvgIpc) is 2.48. The van der Waals surface area contributed by atoms with Crippen molar-refractivity contribution < 1.29 is 9.84 Å². The molecule has 0 heterocycles. The average molecular weight is 333 g/mol. The fourth-order valence-corrected chi connectivity index (χ4v) is 2.31. The van der Waals surface area contributed by atoms with E-state index in [-0.39, 0.29) is 5.75 Å². The predicted octanol–water partition coefficient (Wildman–Crippen LogP) is 3.65. The molecule has 0 aliphatic heterocycles. The number of nitrogens with zero attached hydrogens (tertiary/aromatic N) is 1. The van der Waals surface area contributed by atoms with E-state index >= 15 is 0 Å². The van der Waals surface area contributed by atoms with Gasteiger partial charge in [-0.3, -0.25) is 0 Å². The van der Waals surface area contributed by atoms with Crippen molar-refractivity contribution in [3.63, 3.8) is 0 Å². The molecule has 0 bridgehead atoms. The van der Waals surface area contributed by atoms with Gasteiger partial charge in [-0.1, -0.05) is 12.1 Å². The molecule has 0 amide bonds. The summed E-state index contributed by atoms with van der Waals surface area (Å²) >= 11 is 3.28. The van der Waals surface area contributed by atoms with Crippen molar-refractivity contribution in [3.8, 4) is 17.6 Å². The van der Waals surface area contributed by atoms with E-state index in [2.05, 4.69) is 27.3 Å². The molecule has 5 heteroatoms. The molecule has 0 saturated heterocycles. The summed E-state index contributed by atoms with van der Waals surface area (Å²) in [7, 11) is 1.50. The van der Waals surface area contributed by atoms with Crippen LogP contribution in [-0.4, -0.2) is 12.2 Å². The molecule has 2 N–H and O–H groups in total. The van der Waals surface area contributed by atoms with E-state index in [1.54, 1.807) is 18.2 Å². The van der Waals surface area contributed by atoms with Gasteiger partial charge in [-0.15, -0.1) is 0 Å². The van der Waals surface area contributed by atoms with Crippen LogP contribution in [0.4, 0.5) is 5.69 Å². The SMILES string of the molecule is COc1cc(CNc2ccccc2C#N)cc(Br)c1O. The van der Waals surface area contributed by atoms with Crippen molar-refractivity contribution >= 4 is 21.6 Å². The fourth-order valence-electron chi connectivity index (χ4n) is 1.82. The third-order valence-electron chi connectivity index (χ3n) is 2.84. The zero-order valence-electron chi connectivity index (χ0n) is 10.9. The molecule has 0 spiro atoms. The highest BCUT2D eigenvalue weighted by Gasteiger charge is 2.09. The molecule has 0 unspecified atom stereocenters. The maximum atomic E-state index is 9.75. The number of halogens is 1.